The van der Waals surface area contributed by atoms with Gasteiger partial charge in [0, 0.05) is 13.5 Å². The predicted molar refractivity (Wildman–Crippen MR) is 63.0 cm³/mol. The fourth-order valence-electron chi connectivity index (χ4n) is 1.65. The molecule has 1 heterocycles. The molecule has 2 aromatic rings. The van der Waals surface area contributed by atoms with Crippen molar-refractivity contribution in [2.24, 2.45) is 7.05 Å². The Bertz CT molecular complexity index is 490. The molecule has 4 nitrogen and oxygen atoms in total. The van der Waals surface area contributed by atoms with Crippen molar-refractivity contribution in [1.82, 2.24) is 20.1 Å². The first-order valence-corrected chi connectivity index (χ1v) is 5.47. The van der Waals surface area contributed by atoms with Crippen molar-refractivity contribution in [3.63, 3.8) is 0 Å². The summed E-state index contributed by atoms with van der Waals surface area (Å²) in [4.78, 5) is 0. The molecule has 1 aromatic heterocycles. The molecule has 0 amide bonds. The largest absolute Gasteiger partial charge is 0.317 e. The first-order chi connectivity index (χ1) is 8.20. The Kier molecular flexibility index (Phi) is 3.49. The van der Waals surface area contributed by atoms with Crippen LogP contribution in [0, 0.1) is 5.82 Å². The molecule has 5 heteroatoms. The van der Waals surface area contributed by atoms with Crippen molar-refractivity contribution in [3.8, 4) is 0 Å². The van der Waals surface area contributed by atoms with Gasteiger partial charge in [0.2, 0.25) is 0 Å². The van der Waals surface area contributed by atoms with Crippen LogP contribution in [0.5, 0.6) is 0 Å². The zero-order valence-corrected chi connectivity index (χ0v) is 9.94. The van der Waals surface area contributed by atoms with E-state index in [0.717, 1.165) is 17.2 Å². The highest BCUT2D eigenvalue weighted by atomic mass is 19.1. The van der Waals surface area contributed by atoms with Gasteiger partial charge in [0.25, 0.3) is 0 Å². The molecule has 2 rings (SSSR count). The van der Waals surface area contributed by atoms with E-state index in [0.29, 0.717) is 13.0 Å². The number of rotatable bonds is 4. The van der Waals surface area contributed by atoms with Crippen LogP contribution in [0.4, 0.5) is 4.39 Å². The number of hydrogen-bond donors (Lipinski definition) is 1. The van der Waals surface area contributed by atoms with Gasteiger partial charge in [-0.1, -0.05) is 12.1 Å². The van der Waals surface area contributed by atoms with Crippen molar-refractivity contribution < 1.29 is 4.39 Å². The summed E-state index contributed by atoms with van der Waals surface area (Å²) in [7, 11) is 3.81. The van der Waals surface area contributed by atoms with E-state index in [9.17, 15) is 4.39 Å². The SMILES string of the molecule is CNCc1nnc(Cc2ccc(F)cc2)n1C. The van der Waals surface area contributed by atoms with Gasteiger partial charge in [-0.05, 0) is 24.7 Å². The summed E-state index contributed by atoms with van der Waals surface area (Å²) >= 11 is 0. The molecule has 0 aliphatic carbocycles. The number of nitrogens with zero attached hydrogens (tertiary/aromatic N) is 3. The lowest BCUT2D eigenvalue weighted by molar-refractivity contribution is 0.627. The van der Waals surface area contributed by atoms with Gasteiger partial charge in [-0.2, -0.15) is 0 Å². The van der Waals surface area contributed by atoms with Crippen LogP contribution in [-0.4, -0.2) is 21.8 Å². The molecule has 1 aromatic carbocycles. The van der Waals surface area contributed by atoms with E-state index < -0.39 is 0 Å². The molecule has 0 saturated carbocycles. The summed E-state index contributed by atoms with van der Waals surface area (Å²) in [6.45, 7) is 0.687. The van der Waals surface area contributed by atoms with E-state index in [-0.39, 0.29) is 5.82 Å². The predicted octanol–water partition coefficient (Wildman–Crippen LogP) is 1.26. The van der Waals surface area contributed by atoms with E-state index in [1.807, 2.05) is 18.7 Å². The van der Waals surface area contributed by atoms with Crippen molar-refractivity contribution in [2.75, 3.05) is 7.05 Å². The summed E-state index contributed by atoms with van der Waals surface area (Å²) in [6.07, 6.45) is 0.660. The Morgan fingerprint density at radius 1 is 1.18 bits per heavy atom. The second kappa shape index (κ2) is 5.05. The summed E-state index contributed by atoms with van der Waals surface area (Å²) in [5.41, 5.74) is 1.03. The molecule has 0 bridgehead atoms. The summed E-state index contributed by atoms with van der Waals surface area (Å²) in [5.74, 6) is 1.55. The maximum absolute atomic E-state index is 12.8. The minimum atomic E-state index is -0.220. The Balaban J connectivity index is 2.16. The average Bonchev–Trinajstić information content (AvgIpc) is 2.65. The van der Waals surface area contributed by atoms with Crippen LogP contribution >= 0.6 is 0 Å². The molecule has 0 fully saturated rings. The second-order valence-electron chi connectivity index (χ2n) is 3.93. The zero-order chi connectivity index (χ0) is 12.3. The molecular weight excluding hydrogens is 219 g/mol. The van der Waals surface area contributed by atoms with Crippen LogP contribution in [0.2, 0.25) is 0 Å². The number of benzene rings is 1. The molecule has 0 aliphatic rings. The Morgan fingerprint density at radius 3 is 2.47 bits per heavy atom. The standard InChI is InChI=1S/C12H15FN4/c1-14-8-12-16-15-11(17(12)2)7-9-3-5-10(13)6-4-9/h3-6,14H,7-8H2,1-2H3. The lowest BCUT2D eigenvalue weighted by atomic mass is 10.1. The van der Waals surface area contributed by atoms with Gasteiger partial charge in [0.15, 0.2) is 0 Å². The third-order valence-electron chi connectivity index (χ3n) is 2.67. The number of halogens is 1. The molecule has 0 unspecified atom stereocenters. The van der Waals surface area contributed by atoms with Gasteiger partial charge >= 0.3 is 0 Å². The third-order valence-corrected chi connectivity index (χ3v) is 2.67. The van der Waals surface area contributed by atoms with Gasteiger partial charge in [-0.3, -0.25) is 0 Å². The maximum atomic E-state index is 12.8. The minimum absolute atomic E-state index is 0.220. The van der Waals surface area contributed by atoms with Crippen molar-refractivity contribution in [2.45, 2.75) is 13.0 Å². The number of hydrogen-bond acceptors (Lipinski definition) is 3. The molecule has 0 atom stereocenters. The highest BCUT2D eigenvalue weighted by Crippen LogP contribution is 2.09. The van der Waals surface area contributed by atoms with E-state index in [2.05, 4.69) is 15.5 Å². The number of nitrogens with one attached hydrogen (secondary N) is 1. The Labute approximate surface area is 99.5 Å². The molecule has 1 N–H and O–H groups in total. The molecular formula is C12H15FN4. The highest BCUT2D eigenvalue weighted by Gasteiger charge is 2.08. The smallest absolute Gasteiger partial charge is 0.146 e. The average molecular weight is 234 g/mol. The van der Waals surface area contributed by atoms with Crippen LogP contribution in [0.1, 0.15) is 17.2 Å². The minimum Gasteiger partial charge on any atom is -0.317 e. The van der Waals surface area contributed by atoms with Crippen molar-refractivity contribution in [3.05, 3.63) is 47.3 Å². The van der Waals surface area contributed by atoms with Crippen LogP contribution in [0.25, 0.3) is 0 Å². The topological polar surface area (TPSA) is 42.7 Å². The molecule has 0 aliphatic heterocycles. The highest BCUT2D eigenvalue weighted by molar-refractivity contribution is 5.20. The van der Waals surface area contributed by atoms with Gasteiger partial charge in [0.1, 0.15) is 17.5 Å². The summed E-state index contributed by atoms with van der Waals surface area (Å²) in [6, 6.07) is 6.45. The molecule has 0 radical (unpaired) electrons. The second-order valence-corrected chi connectivity index (χ2v) is 3.93. The summed E-state index contributed by atoms with van der Waals surface area (Å²) in [5, 5.41) is 11.3. The fraction of sp³-hybridized carbons (Fsp3) is 0.333. The van der Waals surface area contributed by atoms with E-state index in [4.69, 9.17) is 0 Å². The van der Waals surface area contributed by atoms with E-state index in [1.165, 1.54) is 12.1 Å². The third kappa shape index (κ3) is 2.68. The molecule has 90 valence electrons. The monoisotopic (exact) mass is 234 g/mol. The molecule has 0 saturated heterocycles. The van der Waals surface area contributed by atoms with Crippen molar-refractivity contribution >= 4 is 0 Å². The lowest BCUT2D eigenvalue weighted by Crippen LogP contribution is -2.11. The van der Waals surface area contributed by atoms with Gasteiger partial charge in [0.05, 0.1) is 6.54 Å². The lowest BCUT2D eigenvalue weighted by Gasteiger charge is -2.03. The quantitative estimate of drug-likeness (QED) is 0.866. The van der Waals surface area contributed by atoms with Crippen LogP contribution in [-0.2, 0) is 20.0 Å². The first-order valence-electron chi connectivity index (χ1n) is 5.47. The van der Waals surface area contributed by atoms with Gasteiger partial charge in [-0.25, -0.2) is 4.39 Å². The Morgan fingerprint density at radius 2 is 1.82 bits per heavy atom. The van der Waals surface area contributed by atoms with E-state index >= 15 is 0 Å². The van der Waals surface area contributed by atoms with Crippen molar-refractivity contribution in [1.29, 1.82) is 0 Å². The first kappa shape index (κ1) is 11.7. The van der Waals surface area contributed by atoms with Crippen LogP contribution in [0.15, 0.2) is 24.3 Å². The molecule has 17 heavy (non-hydrogen) atoms. The van der Waals surface area contributed by atoms with Gasteiger partial charge < -0.3 is 9.88 Å². The van der Waals surface area contributed by atoms with E-state index in [1.54, 1.807) is 12.1 Å². The maximum Gasteiger partial charge on any atom is 0.146 e. The molecule has 0 spiro atoms. The van der Waals surface area contributed by atoms with Crippen LogP contribution in [0.3, 0.4) is 0 Å². The fourth-order valence-corrected chi connectivity index (χ4v) is 1.65. The number of aromatic nitrogens is 3. The zero-order valence-electron chi connectivity index (χ0n) is 9.94. The normalized spacial score (nSPS) is 10.8. The van der Waals surface area contributed by atoms with Gasteiger partial charge in [-0.15, -0.1) is 10.2 Å². The Hall–Kier alpha value is -1.75. The summed E-state index contributed by atoms with van der Waals surface area (Å²) < 4.78 is 14.7. The van der Waals surface area contributed by atoms with Crippen LogP contribution < -0.4 is 5.32 Å².